The number of para-hydroxylation sites is 1. The van der Waals surface area contributed by atoms with E-state index >= 15 is 0 Å². The number of benzene rings is 1. The van der Waals surface area contributed by atoms with E-state index in [1.165, 1.54) is 40.1 Å². The molecule has 2 aromatic rings. The zero-order chi connectivity index (χ0) is 17.1. The molecule has 0 radical (unpaired) electrons. The number of thiazole rings is 1. The van der Waals surface area contributed by atoms with Gasteiger partial charge in [0.15, 0.2) is 5.17 Å². The van der Waals surface area contributed by atoms with Crippen LogP contribution in [0.2, 0.25) is 0 Å². The van der Waals surface area contributed by atoms with Gasteiger partial charge in [0, 0.05) is 24.2 Å². The van der Waals surface area contributed by atoms with Crippen molar-refractivity contribution in [2.24, 2.45) is 4.99 Å². The molecule has 24 heavy (non-hydrogen) atoms. The first-order valence-corrected chi connectivity index (χ1v) is 8.72. The topological polar surface area (TPSA) is 88.7 Å². The van der Waals surface area contributed by atoms with Crippen molar-refractivity contribution in [3.8, 4) is 0 Å². The van der Waals surface area contributed by atoms with Crippen LogP contribution in [0.25, 0.3) is 6.08 Å². The molecule has 0 saturated carbocycles. The van der Waals surface area contributed by atoms with E-state index in [1.807, 2.05) is 6.92 Å². The fourth-order valence-electron chi connectivity index (χ4n) is 2.14. The standard InChI is InChI=1S/C15H12N4O3S2/c1-2-18-13(20)12(24-15(18)17-14-16-7-8-23-14)9-10-5-3-4-6-11(10)19(21)22/h3-9H,2H2,1H3/b12-9-,17-15+. The van der Waals surface area contributed by atoms with Crippen molar-refractivity contribution in [2.45, 2.75) is 6.92 Å². The molecule has 7 nitrogen and oxygen atoms in total. The summed E-state index contributed by atoms with van der Waals surface area (Å²) in [5.41, 5.74) is 0.358. The minimum Gasteiger partial charge on any atom is -0.287 e. The fraction of sp³-hybridized carbons (Fsp3) is 0.133. The Labute approximate surface area is 145 Å². The Balaban J connectivity index is 1.98. The average Bonchev–Trinajstić information content (AvgIpc) is 3.17. The van der Waals surface area contributed by atoms with Crippen LogP contribution in [0.1, 0.15) is 12.5 Å². The van der Waals surface area contributed by atoms with Crippen LogP contribution in [0.3, 0.4) is 0 Å². The number of thioether (sulfide) groups is 1. The van der Waals surface area contributed by atoms with E-state index in [1.54, 1.807) is 29.8 Å². The highest BCUT2D eigenvalue weighted by atomic mass is 32.2. The Morgan fingerprint density at radius 1 is 1.42 bits per heavy atom. The number of amidine groups is 1. The Kier molecular flexibility index (Phi) is 4.72. The Bertz CT molecular complexity index is 846. The molecule has 0 aliphatic carbocycles. The van der Waals surface area contributed by atoms with Gasteiger partial charge in [0.2, 0.25) is 5.13 Å². The van der Waals surface area contributed by atoms with Gasteiger partial charge in [-0.2, -0.15) is 4.99 Å². The summed E-state index contributed by atoms with van der Waals surface area (Å²) in [6.07, 6.45) is 3.18. The van der Waals surface area contributed by atoms with Crippen molar-refractivity contribution in [3.63, 3.8) is 0 Å². The maximum absolute atomic E-state index is 12.5. The smallest absolute Gasteiger partial charge is 0.276 e. The zero-order valence-electron chi connectivity index (χ0n) is 12.6. The summed E-state index contributed by atoms with van der Waals surface area (Å²) < 4.78 is 0. The van der Waals surface area contributed by atoms with Gasteiger partial charge in [-0.1, -0.05) is 12.1 Å². The number of likely N-dealkylation sites (N-methyl/N-ethyl adjacent to an activating group) is 1. The maximum Gasteiger partial charge on any atom is 0.276 e. The number of hydrogen-bond acceptors (Lipinski definition) is 7. The van der Waals surface area contributed by atoms with Gasteiger partial charge in [0.25, 0.3) is 11.6 Å². The molecular weight excluding hydrogens is 348 g/mol. The highest BCUT2D eigenvalue weighted by molar-refractivity contribution is 8.18. The van der Waals surface area contributed by atoms with Crippen molar-refractivity contribution in [1.29, 1.82) is 0 Å². The first-order chi connectivity index (χ1) is 11.6. The lowest BCUT2D eigenvalue weighted by Crippen LogP contribution is -2.28. The number of carbonyl (C=O) groups is 1. The molecule has 1 fully saturated rings. The quantitative estimate of drug-likeness (QED) is 0.471. The Morgan fingerprint density at radius 3 is 2.88 bits per heavy atom. The predicted octanol–water partition coefficient (Wildman–Crippen LogP) is 3.68. The number of carbonyl (C=O) groups excluding carboxylic acids is 1. The van der Waals surface area contributed by atoms with E-state index in [2.05, 4.69) is 9.98 Å². The van der Waals surface area contributed by atoms with Crippen molar-refractivity contribution < 1.29 is 9.72 Å². The van der Waals surface area contributed by atoms with E-state index in [4.69, 9.17) is 0 Å². The number of nitrogens with zero attached hydrogens (tertiary/aromatic N) is 4. The molecule has 3 rings (SSSR count). The molecule has 2 heterocycles. The van der Waals surface area contributed by atoms with Crippen molar-refractivity contribution in [1.82, 2.24) is 9.88 Å². The third kappa shape index (κ3) is 3.22. The summed E-state index contributed by atoms with van der Waals surface area (Å²) in [5, 5.41) is 14.0. The fourth-order valence-corrected chi connectivity index (χ4v) is 3.74. The number of amides is 1. The van der Waals surface area contributed by atoms with Crippen LogP contribution >= 0.6 is 23.1 Å². The zero-order valence-corrected chi connectivity index (χ0v) is 14.2. The van der Waals surface area contributed by atoms with Crippen LogP contribution in [0, 0.1) is 10.1 Å². The Hall–Kier alpha value is -2.52. The molecule has 1 aromatic carbocycles. The van der Waals surface area contributed by atoms with Gasteiger partial charge in [-0.3, -0.25) is 19.8 Å². The van der Waals surface area contributed by atoms with Crippen molar-refractivity contribution in [2.75, 3.05) is 6.54 Å². The molecule has 0 N–H and O–H groups in total. The van der Waals surface area contributed by atoms with Crippen LogP contribution in [-0.2, 0) is 4.79 Å². The van der Waals surface area contributed by atoms with Crippen LogP contribution < -0.4 is 0 Å². The molecule has 0 unspecified atom stereocenters. The SMILES string of the molecule is CCN1C(=O)/C(=C/c2ccccc2[N+](=O)[O-])S/C1=N/c1nccs1. The van der Waals surface area contributed by atoms with Gasteiger partial charge in [-0.05, 0) is 30.8 Å². The number of aromatic nitrogens is 1. The van der Waals surface area contributed by atoms with Gasteiger partial charge in [-0.25, -0.2) is 4.98 Å². The minimum absolute atomic E-state index is 0.0354. The minimum atomic E-state index is -0.460. The molecule has 9 heteroatoms. The Morgan fingerprint density at radius 2 is 2.21 bits per heavy atom. The summed E-state index contributed by atoms with van der Waals surface area (Å²) >= 11 is 2.57. The lowest BCUT2D eigenvalue weighted by molar-refractivity contribution is -0.385. The van der Waals surface area contributed by atoms with Crippen LogP contribution in [0.5, 0.6) is 0 Å². The van der Waals surface area contributed by atoms with E-state index in [0.717, 1.165) is 0 Å². The molecule has 122 valence electrons. The van der Waals surface area contributed by atoms with Crippen LogP contribution in [-0.4, -0.2) is 32.4 Å². The second-order valence-corrected chi connectivity index (χ2v) is 6.57. The highest BCUT2D eigenvalue weighted by Gasteiger charge is 2.33. The summed E-state index contributed by atoms with van der Waals surface area (Å²) in [5.74, 6) is -0.212. The first-order valence-electron chi connectivity index (χ1n) is 7.03. The monoisotopic (exact) mass is 360 g/mol. The summed E-state index contributed by atoms with van der Waals surface area (Å²) in [4.78, 5) is 33.6. The van der Waals surface area contributed by atoms with E-state index in [9.17, 15) is 14.9 Å². The number of aliphatic imine (C=N–C) groups is 1. The summed E-state index contributed by atoms with van der Waals surface area (Å²) in [7, 11) is 0. The van der Waals surface area contributed by atoms with Gasteiger partial charge in [0.05, 0.1) is 15.4 Å². The molecular formula is C15H12N4O3S2. The van der Waals surface area contributed by atoms with Gasteiger partial charge < -0.3 is 0 Å². The number of hydrogen-bond donors (Lipinski definition) is 0. The van der Waals surface area contributed by atoms with Crippen LogP contribution in [0.4, 0.5) is 10.8 Å². The van der Waals surface area contributed by atoms with Gasteiger partial charge in [-0.15, -0.1) is 11.3 Å². The second kappa shape index (κ2) is 6.93. The molecule has 1 amide bonds. The maximum atomic E-state index is 12.5. The summed E-state index contributed by atoms with van der Waals surface area (Å²) in [6, 6.07) is 6.33. The largest absolute Gasteiger partial charge is 0.287 e. The number of nitro benzene ring substituents is 1. The number of nitro groups is 1. The average molecular weight is 360 g/mol. The molecule has 0 atom stereocenters. The highest BCUT2D eigenvalue weighted by Crippen LogP contribution is 2.35. The van der Waals surface area contributed by atoms with E-state index in [0.29, 0.717) is 27.3 Å². The van der Waals surface area contributed by atoms with Gasteiger partial charge >= 0.3 is 0 Å². The van der Waals surface area contributed by atoms with Crippen LogP contribution in [0.15, 0.2) is 45.7 Å². The third-order valence-corrected chi connectivity index (χ3v) is 4.91. The summed E-state index contributed by atoms with van der Waals surface area (Å²) in [6.45, 7) is 2.31. The molecule has 1 saturated heterocycles. The molecule has 1 aliphatic rings. The van der Waals surface area contributed by atoms with E-state index in [-0.39, 0.29) is 11.6 Å². The number of rotatable bonds is 4. The molecule has 0 spiro atoms. The third-order valence-electron chi connectivity index (χ3n) is 3.23. The lowest BCUT2D eigenvalue weighted by Gasteiger charge is -2.11. The molecule has 0 bridgehead atoms. The predicted molar refractivity (Wildman–Crippen MR) is 95.3 cm³/mol. The molecule has 1 aromatic heterocycles. The lowest BCUT2D eigenvalue weighted by atomic mass is 10.1. The first kappa shape index (κ1) is 16.3. The van der Waals surface area contributed by atoms with Crippen molar-refractivity contribution in [3.05, 3.63) is 56.4 Å². The van der Waals surface area contributed by atoms with Crippen molar-refractivity contribution >= 4 is 51.1 Å². The second-order valence-electron chi connectivity index (χ2n) is 4.69. The van der Waals surface area contributed by atoms with E-state index < -0.39 is 4.92 Å². The molecule has 1 aliphatic heterocycles. The van der Waals surface area contributed by atoms with Gasteiger partial charge in [0.1, 0.15) is 0 Å². The normalized spacial score (nSPS) is 17.9.